The highest BCUT2D eigenvalue weighted by molar-refractivity contribution is 5.80. The summed E-state index contributed by atoms with van der Waals surface area (Å²) in [4.78, 5) is 35.8. The minimum Gasteiger partial charge on any atom is -0.394 e. The minimum absolute atomic E-state index is 0.0661. The molecule has 3 rings (SSSR count). The Hall–Kier alpha value is -2.57. The topological polar surface area (TPSA) is 134 Å². The minimum atomic E-state index is -0.729. The van der Waals surface area contributed by atoms with E-state index in [2.05, 4.69) is 25.7 Å². The second-order valence-corrected chi connectivity index (χ2v) is 8.97. The Kier molecular flexibility index (Phi) is 8.75. The summed E-state index contributed by atoms with van der Waals surface area (Å²) >= 11 is 0. The predicted octanol–water partition coefficient (Wildman–Crippen LogP) is 0.524. The number of hydrogen-bond acceptors (Lipinski definition) is 9. The van der Waals surface area contributed by atoms with Crippen LogP contribution >= 0.6 is 0 Å². The molecule has 2 amide bonds. The number of aryl methyl sites for hydroxylation is 1. The number of piperazine rings is 1. The number of carbonyl (C=O) groups is 2. The van der Waals surface area contributed by atoms with Crippen LogP contribution in [0, 0.1) is 24.6 Å². The summed E-state index contributed by atoms with van der Waals surface area (Å²) in [6.07, 6.45) is 4.99. The molecule has 1 aliphatic heterocycles. The van der Waals surface area contributed by atoms with Gasteiger partial charge < -0.3 is 14.9 Å². The van der Waals surface area contributed by atoms with Crippen LogP contribution in [0.2, 0.25) is 0 Å². The van der Waals surface area contributed by atoms with Crippen molar-refractivity contribution in [1.29, 1.82) is 0 Å². The molecule has 1 saturated carbocycles. The Balaban J connectivity index is 1.72. The van der Waals surface area contributed by atoms with Gasteiger partial charge in [0.15, 0.2) is 11.6 Å². The molecule has 0 radical (unpaired) electrons. The second kappa shape index (κ2) is 11.5. The zero-order chi connectivity index (χ0) is 24.0. The zero-order valence-corrected chi connectivity index (χ0v) is 19.2. The molecular weight excluding hydrogens is 433 g/mol. The van der Waals surface area contributed by atoms with Gasteiger partial charge in [-0.25, -0.2) is 15.0 Å². The fraction of sp³-hybridized carbons (Fsp3) is 0.714. The first-order valence-corrected chi connectivity index (χ1v) is 11.4. The highest BCUT2D eigenvalue weighted by Crippen LogP contribution is 2.31. The third-order valence-corrected chi connectivity index (χ3v) is 6.41. The molecule has 0 spiro atoms. The first-order valence-electron chi connectivity index (χ1n) is 11.4. The Morgan fingerprint density at radius 3 is 2.73 bits per heavy atom. The van der Waals surface area contributed by atoms with Crippen molar-refractivity contribution in [3.63, 3.8) is 0 Å². The Morgan fingerprint density at radius 2 is 2.06 bits per heavy atom. The highest BCUT2D eigenvalue weighted by Gasteiger charge is 2.30. The van der Waals surface area contributed by atoms with E-state index in [1.165, 1.54) is 0 Å². The Morgan fingerprint density at radius 1 is 1.33 bits per heavy atom. The van der Waals surface area contributed by atoms with Crippen molar-refractivity contribution in [3.8, 4) is 0 Å². The summed E-state index contributed by atoms with van der Waals surface area (Å²) in [6.45, 7) is 3.07. The lowest BCUT2D eigenvalue weighted by Gasteiger charge is -2.40. The summed E-state index contributed by atoms with van der Waals surface area (Å²) in [7, 11) is 1.93. The standard InChI is InChI=1S/C21H34FN7O4/c1-14-23-19(18(22)20(24-14)29-8-7-27(2)11-17(29)12-30)25-26-21(32)16(10-28(33)13-31)9-15-5-3-4-6-15/h13,15-17,30,33H,3-12H2,1-2H3,(H,26,32)(H,23,24,25)/t16-,17-/m1/s1. The maximum absolute atomic E-state index is 15.3. The summed E-state index contributed by atoms with van der Waals surface area (Å²) in [5.74, 6) is -1.31. The SMILES string of the molecule is Cc1nc(NNC(=O)[C@H](CC2CCCC2)CN(O)C=O)c(F)c(N2CCN(C)C[C@@H]2CO)n1. The molecule has 0 unspecified atom stereocenters. The molecule has 2 aliphatic rings. The van der Waals surface area contributed by atoms with Gasteiger partial charge in [0.2, 0.25) is 18.1 Å². The van der Waals surface area contributed by atoms with Gasteiger partial charge in [0, 0.05) is 19.6 Å². The van der Waals surface area contributed by atoms with Gasteiger partial charge in [-0.3, -0.25) is 25.6 Å². The molecule has 0 bridgehead atoms. The number of aliphatic hydroxyl groups excluding tert-OH is 1. The van der Waals surface area contributed by atoms with Crippen LogP contribution < -0.4 is 15.8 Å². The molecule has 11 nitrogen and oxygen atoms in total. The summed E-state index contributed by atoms with van der Waals surface area (Å²) < 4.78 is 15.3. The number of aliphatic hydroxyl groups is 1. The van der Waals surface area contributed by atoms with Gasteiger partial charge in [0.25, 0.3) is 0 Å². The first-order chi connectivity index (χ1) is 15.8. The summed E-state index contributed by atoms with van der Waals surface area (Å²) in [5, 5.41) is 19.8. The van der Waals surface area contributed by atoms with Crippen molar-refractivity contribution in [2.24, 2.45) is 11.8 Å². The molecule has 1 aromatic rings. The Bertz CT molecular complexity index is 824. The zero-order valence-electron chi connectivity index (χ0n) is 19.2. The number of hydrazine groups is 1. The van der Waals surface area contributed by atoms with Crippen LogP contribution in [0.3, 0.4) is 0 Å². The maximum Gasteiger partial charge on any atom is 0.243 e. The van der Waals surface area contributed by atoms with E-state index >= 15 is 4.39 Å². The lowest BCUT2D eigenvalue weighted by Crippen LogP contribution is -2.54. The lowest BCUT2D eigenvalue weighted by atomic mass is 9.92. The maximum atomic E-state index is 15.3. The van der Waals surface area contributed by atoms with Crippen molar-refractivity contribution >= 4 is 24.0 Å². The summed E-state index contributed by atoms with van der Waals surface area (Å²) in [6, 6.07) is -0.315. The van der Waals surface area contributed by atoms with Crippen molar-refractivity contribution < 1.29 is 24.3 Å². The molecule has 2 heterocycles. The van der Waals surface area contributed by atoms with E-state index in [9.17, 15) is 19.9 Å². The first kappa shape index (κ1) is 25.1. The molecule has 0 aromatic carbocycles. The van der Waals surface area contributed by atoms with E-state index < -0.39 is 17.6 Å². The number of carbonyl (C=O) groups excluding carboxylic acids is 2. The quantitative estimate of drug-likeness (QED) is 0.221. The van der Waals surface area contributed by atoms with Crippen LogP contribution in [0.25, 0.3) is 0 Å². The second-order valence-electron chi connectivity index (χ2n) is 8.97. The molecule has 12 heteroatoms. The van der Waals surface area contributed by atoms with E-state index in [0.717, 1.165) is 25.7 Å². The lowest BCUT2D eigenvalue weighted by molar-refractivity contribution is -0.154. The number of nitrogens with zero attached hydrogens (tertiary/aromatic N) is 5. The van der Waals surface area contributed by atoms with Crippen molar-refractivity contribution in [2.75, 3.05) is 50.2 Å². The van der Waals surface area contributed by atoms with Gasteiger partial charge in [-0.2, -0.15) is 4.39 Å². The van der Waals surface area contributed by atoms with Gasteiger partial charge in [0.05, 0.1) is 25.1 Å². The number of hydrogen-bond donors (Lipinski definition) is 4. The number of likely N-dealkylation sites (N-methyl/N-ethyl adjacent to an activating group) is 1. The molecule has 2 atom stereocenters. The summed E-state index contributed by atoms with van der Waals surface area (Å²) in [5.41, 5.74) is 5.04. The van der Waals surface area contributed by atoms with Crippen LogP contribution in [0.5, 0.6) is 0 Å². The highest BCUT2D eigenvalue weighted by atomic mass is 19.1. The van der Waals surface area contributed by atoms with Gasteiger partial charge in [-0.1, -0.05) is 25.7 Å². The molecule has 1 aliphatic carbocycles. The normalized spacial score (nSPS) is 20.5. The van der Waals surface area contributed by atoms with Crippen LogP contribution in [-0.2, 0) is 9.59 Å². The van der Waals surface area contributed by atoms with E-state index in [1.807, 2.05) is 7.05 Å². The third-order valence-electron chi connectivity index (χ3n) is 6.41. The fourth-order valence-corrected chi connectivity index (χ4v) is 4.67. The van der Waals surface area contributed by atoms with Gasteiger partial charge in [-0.15, -0.1) is 0 Å². The van der Waals surface area contributed by atoms with E-state index in [1.54, 1.807) is 11.8 Å². The Labute approximate surface area is 192 Å². The van der Waals surface area contributed by atoms with Gasteiger partial charge in [-0.05, 0) is 26.3 Å². The molecular formula is C21H34FN7O4. The fourth-order valence-electron chi connectivity index (χ4n) is 4.67. The van der Waals surface area contributed by atoms with E-state index in [4.69, 9.17) is 0 Å². The number of rotatable bonds is 10. The average molecular weight is 468 g/mol. The smallest absolute Gasteiger partial charge is 0.243 e. The monoisotopic (exact) mass is 467 g/mol. The van der Waals surface area contributed by atoms with Crippen LogP contribution in [-0.4, -0.2) is 88.4 Å². The van der Waals surface area contributed by atoms with Crippen molar-refractivity contribution in [2.45, 2.75) is 45.1 Å². The van der Waals surface area contributed by atoms with Crippen LogP contribution in [0.4, 0.5) is 16.0 Å². The number of amides is 2. The van der Waals surface area contributed by atoms with Crippen molar-refractivity contribution in [3.05, 3.63) is 11.6 Å². The molecule has 2 fully saturated rings. The molecule has 4 N–H and O–H groups in total. The number of aromatic nitrogens is 2. The van der Waals surface area contributed by atoms with Crippen molar-refractivity contribution in [1.82, 2.24) is 25.4 Å². The largest absolute Gasteiger partial charge is 0.394 e. The predicted molar refractivity (Wildman–Crippen MR) is 119 cm³/mol. The number of halogens is 1. The van der Waals surface area contributed by atoms with E-state index in [-0.39, 0.29) is 37.2 Å². The van der Waals surface area contributed by atoms with Gasteiger partial charge in [0.1, 0.15) is 5.82 Å². The number of nitrogens with one attached hydrogen (secondary N) is 2. The van der Waals surface area contributed by atoms with Crippen LogP contribution in [0.15, 0.2) is 0 Å². The average Bonchev–Trinajstić information content (AvgIpc) is 3.31. The van der Waals surface area contributed by atoms with Gasteiger partial charge >= 0.3 is 0 Å². The number of anilines is 2. The third kappa shape index (κ3) is 6.49. The van der Waals surface area contributed by atoms with Crippen LogP contribution in [0.1, 0.15) is 37.9 Å². The molecule has 1 saturated heterocycles. The molecule has 33 heavy (non-hydrogen) atoms. The molecule has 1 aromatic heterocycles. The van der Waals surface area contributed by atoms with E-state index in [0.29, 0.717) is 42.9 Å². The number of hydroxylamine groups is 2. The molecule has 184 valence electrons.